The predicted octanol–water partition coefficient (Wildman–Crippen LogP) is 2.52. The number of ether oxygens (including phenoxy) is 1. The topological polar surface area (TPSA) is 38.3 Å². The van der Waals surface area contributed by atoms with E-state index in [4.69, 9.17) is 0 Å². The van der Waals surface area contributed by atoms with Gasteiger partial charge in [0.25, 0.3) is 0 Å². The third kappa shape index (κ3) is 4.19. The maximum atomic E-state index is 11.0. The van der Waals surface area contributed by atoms with Crippen molar-refractivity contribution in [2.24, 2.45) is 0 Å². The van der Waals surface area contributed by atoms with Crippen LogP contribution < -0.4 is 5.32 Å². The van der Waals surface area contributed by atoms with Crippen molar-refractivity contribution >= 4 is 5.97 Å². The third-order valence-electron chi connectivity index (χ3n) is 3.04. The SMILES string of the molecule is COC(=O)CCNC(C)c1ccc(C)c(C)c1. The highest BCUT2D eigenvalue weighted by Crippen LogP contribution is 2.16. The molecule has 0 radical (unpaired) electrons. The van der Waals surface area contributed by atoms with Crippen LogP contribution in [0.1, 0.15) is 36.1 Å². The molecule has 1 aromatic rings. The van der Waals surface area contributed by atoms with Gasteiger partial charge in [0.2, 0.25) is 0 Å². The molecular weight excluding hydrogens is 214 g/mol. The molecule has 94 valence electrons. The Bertz CT molecular complexity index is 388. The van der Waals surface area contributed by atoms with E-state index < -0.39 is 0 Å². The maximum Gasteiger partial charge on any atom is 0.306 e. The van der Waals surface area contributed by atoms with Gasteiger partial charge >= 0.3 is 5.97 Å². The van der Waals surface area contributed by atoms with Gasteiger partial charge in [-0.2, -0.15) is 0 Å². The van der Waals surface area contributed by atoms with Crippen LogP contribution in [-0.4, -0.2) is 19.6 Å². The zero-order valence-corrected chi connectivity index (χ0v) is 11.0. The zero-order chi connectivity index (χ0) is 12.8. The van der Waals surface area contributed by atoms with E-state index in [2.05, 4.69) is 49.0 Å². The summed E-state index contributed by atoms with van der Waals surface area (Å²) in [6.45, 7) is 6.95. The Labute approximate surface area is 103 Å². The molecule has 0 aliphatic carbocycles. The summed E-state index contributed by atoms with van der Waals surface area (Å²) in [5.41, 5.74) is 3.84. The molecule has 1 unspecified atom stereocenters. The summed E-state index contributed by atoms with van der Waals surface area (Å²) >= 11 is 0. The van der Waals surface area contributed by atoms with E-state index in [-0.39, 0.29) is 12.0 Å². The van der Waals surface area contributed by atoms with Crippen molar-refractivity contribution in [2.75, 3.05) is 13.7 Å². The standard InChI is InChI=1S/C14H21NO2/c1-10-5-6-13(9-11(10)2)12(3)15-8-7-14(16)17-4/h5-6,9,12,15H,7-8H2,1-4H3. The maximum absolute atomic E-state index is 11.0. The van der Waals surface area contributed by atoms with E-state index in [1.165, 1.54) is 23.8 Å². The first-order valence-corrected chi connectivity index (χ1v) is 5.92. The number of nitrogens with one attached hydrogen (secondary N) is 1. The highest BCUT2D eigenvalue weighted by molar-refractivity contribution is 5.69. The van der Waals surface area contributed by atoms with Crippen LogP contribution in [0.3, 0.4) is 0 Å². The Morgan fingerprint density at radius 1 is 1.35 bits per heavy atom. The van der Waals surface area contributed by atoms with Crippen LogP contribution in [0.2, 0.25) is 0 Å². The summed E-state index contributed by atoms with van der Waals surface area (Å²) in [4.78, 5) is 11.0. The number of benzene rings is 1. The molecule has 0 aliphatic rings. The molecule has 0 heterocycles. The second kappa shape index (κ2) is 6.40. The van der Waals surface area contributed by atoms with Crippen LogP contribution >= 0.6 is 0 Å². The minimum atomic E-state index is -0.176. The molecule has 0 amide bonds. The average Bonchev–Trinajstić information content (AvgIpc) is 2.32. The lowest BCUT2D eigenvalue weighted by Crippen LogP contribution is -2.22. The molecule has 1 rings (SSSR count). The second-order valence-corrected chi connectivity index (χ2v) is 4.35. The number of hydrogen-bond acceptors (Lipinski definition) is 3. The molecule has 0 fully saturated rings. The minimum absolute atomic E-state index is 0.176. The van der Waals surface area contributed by atoms with Crippen molar-refractivity contribution in [1.82, 2.24) is 5.32 Å². The lowest BCUT2D eigenvalue weighted by Gasteiger charge is -2.15. The number of aryl methyl sites for hydroxylation is 2. The summed E-state index contributed by atoms with van der Waals surface area (Å²) in [5.74, 6) is -0.176. The molecule has 0 aromatic heterocycles. The van der Waals surface area contributed by atoms with Crippen molar-refractivity contribution < 1.29 is 9.53 Å². The van der Waals surface area contributed by atoms with Crippen LogP contribution in [0.25, 0.3) is 0 Å². The average molecular weight is 235 g/mol. The summed E-state index contributed by atoms with van der Waals surface area (Å²) in [6.07, 6.45) is 0.408. The molecule has 1 aromatic carbocycles. The molecular formula is C14H21NO2. The molecule has 1 atom stereocenters. The quantitative estimate of drug-likeness (QED) is 0.797. The number of esters is 1. The van der Waals surface area contributed by atoms with Gasteiger partial charge in [-0.05, 0) is 37.5 Å². The van der Waals surface area contributed by atoms with Gasteiger partial charge in [-0.25, -0.2) is 0 Å². The largest absolute Gasteiger partial charge is 0.469 e. The predicted molar refractivity (Wildman–Crippen MR) is 69.0 cm³/mol. The lowest BCUT2D eigenvalue weighted by atomic mass is 10.0. The van der Waals surface area contributed by atoms with Crippen LogP contribution in [0.5, 0.6) is 0 Å². The molecule has 3 nitrogen and oxygen atoms in total. The fraction of sp³-hybridized carbons (Fsp3) is 0.500. The van der Waals surface area contributed by atoms with E-state index in [0.29, 0.717) is 13.0 Å². The molecule has 17 heavy (non-hydrogen) atoms. The lowest BCUT2D eigenvalue weighted by molar-refractivity contribution is -0.140. The van der Waals surface area contributed by atoms with Gasteiger partial charge in [0, 0.05) is 12.6 Å². The van der Waals surface area contributed by atoms with Gasteiger partial charge in [0.1, 0.15) is 0 Å². The van der Waals surface area contributed by atoms with Gasteiger partial charge in [-0.3, -0.25) is 4.79 Å². The van der Waals surface area contributed by atoms with Crippen molar-refractivity contribution in [3.8, 4) is 0 Å². The number of rotatable bonds is 5. The van der Waals surface area contributed by atoms with Gasteiger partial charge < -0.3 is 10.1 Å². The Morgan fingerprint density at radius 3 is 2.65 bits per heavy atom. The Hall–Kier alpha value is -1.35. The van der Waals surface area contributed by atoms with Gasteiger partial charge in [-0.1, -0.05) is 18.2 Å². The smallest absolute Gasteiger partial charge is 0.306 e. The first-order valence-electron chi connectivity index (χ1n) is 5.92. The Kier molecular flexibility index (Phi) is 5.16. The first-order chi connectivity index (χ1) is 8.04. The van der Waals surface area contributed by atoms with E-state index in [1.54, 1.807) is 0 Å². The fourth-order valence-corrected chi connectivity index (χ4v) is 1.64. The van der Waals surface area contributed by atoms with Crippen LogP contribution in [0, 0.1) is 13.8 Å². The van der Waals surface area contributed by atoms with E-state index in [9.17, 15) is 4.79 Å². The zero-order valence-electron chi connectivity index (χ0n) is 11.0. The summed E-state index contributed by atoms with van der Waals surface area (Å²) in [5, 5.41) is 3.31. The molecule has 3 heteroatoms. The minimum Gasteiger partial charge on any atom is -0.469 e. The fourth-order valence-electron chi connectivity index (χ4n) is 1.64. The van der Waals surface area contributed by atoms with Gasteiger partial charge in [0.05, 0.1) is 13.5 Å². The van der Waals surface area contributed by atoms with E-state index in [1.807, 2.05) is 0 Å². The third-order valence-corrected chi connectivity index (χ3v) is 3.04. The van der Waals surface area contributed by atoms with E-state index in [0.717, 1.165) is 0 Å². The number of hydrogen-bond donors (Lipinski definition) is 1. The molecule has 0 saturated heterocycles. The van der Waals surface area contributed by atoms with Crippen LogP contribution in [0.15, 0.2) is 18.2 Å². The first kappa shape index (κ1) is 13.7. The summed E-state index contributed by atoms with van der Waals surface area (Å²) < 4.78 is 4.59. The van der Waals surface area contributed by atoms with Crippen LogP contribution in [0.4, 0.5) is 0 Å². The molecule has 0 saturated carbocycles. The normalized spacial score (nSPS) is 12.2. The number of methoxy groups -OCH3 is 1. The van der Waals surface area contributed by atoms with Crippen molar-refractivity contribution in [2.45, 2.75) is 33.2 Å². The second-order valence-electron chi connectivity index (χ2n) is 4.35. The van der Waals surface area contributed by atoms with Gasteiger partial charge in [0.15, 0.2) is 0 Å². The summed E-state index contributed by atoms with van der Waals surface area (Å²) in [6, 6.07) is 6.69. The van der Waals surface area contributed by atoms with E-state index >= 15 is 0 Å². The molecule has 0 bridgehead atoms. The molecule has 0 spiro atoms. The Balaban J connectivity index is 2.49. The van der Waals surface area contributed by atoms with Gasteiger partial charge in [-0.15, -0.1) is 0 Å². The van der Waals surface area contributed by atoms with Crippen LogP contribution in [-0.2, 0) is 9.53 Å². The molecule has 0 aliphatic heterocycles. The number of carbonyl (C=O) groups excluding carboxylic acids is 1. The Morgan fingerprint density at radius 2 is 2.06 bits per heavy atom. The van der Waals surface area contributed by atoms with Crippen molar-refractivity contribution in [3.05, 3.63) is 34.9 Å². The monoisotopic (exact) mass is 235 g/mol. The highest BCUT2D eigenvalue weighted by Gasteiger charge is 2.07. The highest BCUT2D eigenvalue weighted by atomic mass is 16.5. The molecule has 1 N–H and O–H groups in total. The van der Waals surface area contributed by atoms with Crippen molar-refractivity contribution in [3.63, 3.8) is 0 Å². The number of carbonyl (C=O) groups is 1. The van der Waals surface area contributed by atoms with Crippen molar-refractivity contribution in [1.29, 1.82) is 0 Å². The summed E-state index contributed by atoms with van der Waals surface area (Å²) in [7, 11) is 1.41.